The van der Waals surface area contributed by atoms with E-state index in [2.05, 4.69) is 4.98 Å². The van der Waals surface area contributed by atoms with Crippen LogP contribution >= 0.6 is 11.3 Å². The van der Waals surface area contributed by atoms with Gasteiger partial charge in [-0.3, -0.25) is 4.79 Å². The standard InChI is InChI=1S/C16H20N2O2S/c1-11-7-5-6-8-12(11)14-17-13(9-21-14)15(19)18(4)10-16(2,3)20/h5-9,20H,10H2,1-4H3. The van der Waals surface area contributed by atoms with Gasteiger partial charge in [0.1, 0.15) is 10.7 Å². The number of amides is 1. The summed E-state index contributed by atoms with van der Waals surface area (Å²) in [5.74, 6) is -0.173. The number of nitrogens with zero attached hydrogens (tertiary/aromatic N) is 2. The van der Waals surface area contributed by atoms with Crippen LogP contribution in [0.15, 0.2) is 29.6 Å². The van der Waals surface area contributed by atoms with Gasteiger partial charge in [0, 0.05) is 24.5 Å². The lowest BCUT2D eigenvalue weighted by atomic mass is 10.1. The molecule has 1 aromatic heterocycles. The molecule has 1 aromatic carbocycles. The highest BCUT2D eigenvalue weighted by molar-refractivity contribution is 7.13. The first-order valence-electron chi connectivity index (χ1n) is 6.77. The van der Waals surface area contributed by atoms with Crippen molar-refractivity contribution >= 4 is 17.2 Å². The third-order valence-electron chi connectivity index (χ3n) is 3.07. The van der Waals surface area contributed by atoms with Crippen LogP contribution in [0.2, 0.25) is 0 Å². The molecule has 0 aliphatic heterocycles. The summed E-state index contributed by atoms with van der Waals surface area (Å²) >= 11 is 1.46. The van der Waals surface area contributed by atoms with Crippen LogP contribution in [-0.2, 0) is 0 Å². The van der Waals surface area contributed by atoms with E-state index in [-0.39, 0.29) is 12.5 Å². The highest BCUT2D eigenvalue weighted by Crippen LogP contribution is 2.27. The fourth-order valence-electron chi connectivity index (χ4n) is 2.16. The quantitative estimate of drug-likeness (QED) is 0.945. The number of thiazole rings is 1. The van der Waals surface area contributed by atoms with Crippen molar-refractivity contribution in [2.24, 2.45) is 0 Å². The van der Waals surface area contributed by atoms with Gasteiger partial charge in [0.2, 0.25) is 0 Å². The summed E-state index contributed by atoms with van der Waals surface area (Å²) in [6.45, 7) is 5.65. The van der Waals surface area contributed by atoms with Crippen molar-refractivity contribution in [2.45, 2.75) is 26.4 Å². The molecule has 0 saturated heterocycles. The first kappa shape index (κ1) is 15.7. The molecule has 0 atom stereocenters. The Labute approximate surface area is 129 Å². The van der Waals surface area contributed by atoms with Gasteiger partial charge in [-0.1, -0.05) is 24.3 Å². The molecule has 0 aliphatic carbocycles. The van der Waals surface area contributed by atoms with E-state index in [0.29, 0.717) is 5.69 Å². The number of aryl methyl sites for hydroxylation is 1. The van der Waals surface area contributed by atoms with E-state index in [1.165, 1.54) is 16.2 Å². The average molecular weight is 304 g/mol. The molecule has 0 unspecified atom stereocenters. The summed E-state index contributed by atoms with van der Waals surface area (Å²) in [6, 6.07) is 7.98. The van der Waals surface area contributed by atoms with Gasteiger partial charge in [0.05, 0.1) is 5.60 Å². The van der Waals surface area contributed by atoms with Crippen LogP contribution in [0.1, 0.15) is 29.9 Å². The van der Waals surface area contributed by atoms with Crippen molar-refractivity contribution in [1.29, 1.82) is 0 Å². The Morgan fingerprint density at radius 1 is 1.38 bits per heavy atom. The van der Waals surface area contributed by atoms with Crippen LogP contribution in [0.5, 0.6) is 0 Å². The Balaban J connectivity index is 2.20. The average Bonchev–Trinajstić information content (AvgIpc) is 2.85. The van der Waals surface area contributed by atoms with Crippen LogP contribution in [0.4, 0.5) is 0 Å². The van der Waals surface area contributed by atoms with E-state index >= 15 is 0 Å². The fraction of sp³-hybridized carbons (Fsp3) is 0.375. The molecule has 1 amide bonds. The second-order valence-electron chi connectivity index (χ2n) is 5.83. The maximum atomic E-state index is 12.3. The van der Waals surface area contributed by atoms with Crippen LogP contribution < -0.4 is 0 Å². The monoisotopic (exact) mass is 304 g/mol. The molecule has 0 saturated carbocycles. The van der Waals surface area contributed by atoms with E-state index in [4.69, 9.17) is 0 Å². The van der Waals surface area contributed by atoms with E-state index in [1.807, 2.05) is 31.2 Å². The molecule has 1 heterocycles. The van der Waals surface area contributed by atoms with Crippen LogP contribution in [0.25, 0.3) is 10.6 Å². The topological polar surface area (TPSA) is 53.4 Å². The molecule has 0 aliphatic rings. The Morgan fingerprint density at radius 2 is 2.05 bits per heavy atom. The van der Waals surface area contributed by atoms with E-state index in [1.54, 1.807) is 26.3 Å². The lowest BCUT2D eigenvalue weighted by Gasteiger charge is -2.24. The van der Waals surface area contributed by atoms with Crippen LogP contribution in [-0.4, -0.2) is 40.1 Å². The molecule has 5 heteroatoms. The number of hydrogen-bond donors (Lipinski definition) is 1. The summed E-state index contributed by atoms with van der Waals surface area (Å²) in [4.78, 5) is 18.2. The number of carbonyl (C=O) groups excluding carboxylic acids is 1. The number of carbonyl (C=O) groups is 1. The second kappa shape index (κ2) is 5.95. The molecule has 0 spiro atoms. The van der Waals surface area contributed by atoms with E-state index < -0.39 is 5.60 Å². The van der Waals surface area contributed by atoms with Gasteiger partial charge in [0.15, 0.2) is 0 Å². The minimum atomic E-state index is -0.917. The molecule has 0 radical (unpaired) electrons. The number of aliphatic hydroxyl groups is 1. The normalized spacial score (nSPS) is 11.5. The van der Waals surface area contributed by atoms with E-state index in [0.717, 1.165) is 16.1 Å². The SMILES string of the molecule is Cc1ccccc1-c1nc(C(=O)N(C)CC(C)(C)O)cs1. The Morgan fingerprint density at radius 3 is 2.67 bits per heavy atom. The van der Waals surface area contributed by atoms with Gasteiger partial charge in [0.25, 0.3) is 5.91 Å². The molecule has 2 rings (SSSR count). The fourth-order valence-corrected chi connectivity index (χ4v) is 3.04. The van der Waals surface area contributed by atoms with Crippen LogP contribution in [0, 0.1) is 6.92 Å². The van der Waals surface area contributed by atoms with E-state index in [9.17, 15) is 9.90 Å². The summed E-state index contributed by atoms with van der Waals surface area (Å²) in [5.41, 5.74) is 1.69. The van der Waals surface area contributed by atoms with Gasteiger partial charge in [-0.25, -0.2) is 4.98 Å². The smallest absolute Gasteiger partial charge is 0.273 e. The number of rotatable bonds is 4. The summed E-state index contributed by atoms with van der Waals surface area (Å²) in [6.07, 6.45) is 0. The first-order chi connectivity index (χ1) is 9.78. The number of hydrogen-bond acceptors (Lipinski definition) is 4. The number of aromatic nitrogens is 1. The lowest BCUT2D eigenvalue weighted by Crippen LogP contribution is -2.39. The molecule has 1 N–H and O–H groups in total. The highest BCUT2D eigenvalue weighted by atomic mass is 32.1. The van der Waals surface area contributed by atoms with Crippen molar-refractivity contribution < 1.29 is 9.90 Å². The van der Waals surface area contributed by atoms with Gasteiger partial charge >= 0.3 is 0 Å². The molecule has 2 aromatic rings. The zero-order chi connectivity index (χ0) is 15.6. The molecular weight excluding hydrogens is 284 g/mol. The van der Waals surface area contributed by atoms with Crippen molar-refractivity contribution in [3.63, 3.8) is 0 Å². The summed E-state index contributed by atoms with van der Waals surface area (Å²) in [7, 11) is 1.67. The molecular formula is C16H20N2O2S. The zero-order valence-electron chi connectivity index (χ0n) is 12.8. The predicted octanol–water partition coefficient (Wildman–Crippen LogP) is 2.96. The predicted molar refractivity (Wildman–Crippen MR) is 85.5 cm³/mol. The second-order valence-corrected chi connectivity index (χ2v) is 6.68. The first-order valence-corrected chi connectivity index (χ1v) is 7.65. The van der Waals surface area contributed by atoms with Crippen LogP contribution in [0.3, 0.4) is 0 Å². The molecule has 21 heavy (non-hydrogen) atoms. The van der Waals surface area contributed by atoms with Gasteiger partial charge in [-0.05, 0) is 26.3 Å². The minimum Gasteiger partial charge on any atom is -0.389 e. The minimum absolute atomic E-state index is 0.173. The number of likely N-dealkylation sites (N-methyl/N-ethyl adjacent to an activating group) is 1. The maximum absolute atomic E-state index is 12.3. The number of benzene rings is 1. The van der Waals surface area contributed by atoms with Crippen molar-refractivity contribution in [3.8, 4) is 10.6 Å². The highest BCUT2D eigenvalue weighted by Gasteiger charge is 2.22. The van der Waals surface area contributed by atoms with Gasteiger partial charge in [-0.2, -0.15) is 0 Å². The molecule has 0 fully saturated rings. The van der Waals surface area contributed by atoms with Gasteiger partial charge < -0.3 is 10.0 Å². The Kier molecular flexibility index (Phi) is 4.44. The maximum Gasteiger partial charge on any atom is 0.273 e. The Bertz CT molecular complexity index is 644. The zero-order valence-corrected chi connectivity index (χ0v) is 13.6. The molecule has 0 bridgehead atoms. The van der Waals surface area contributed by atoms with Crippen molar-refractivity contribution in [1.82, 2.24) is 9.88 Å². The third kappa shape index (κ3) is 3.89. The third-order valence-corrected chi connectivity index (χ3v) is 3.95. The summed E-state index contributed by atoms with van der Waals surface area (Å²) in [5, 5.41) is 12.4. The van der Waals surface area contributed by atoms with Gasteiger partial charge in [-0.15, -0.1) is 11.3 Å². The van der Waals surface area contributed by atoms with Crippen molar-refractivity contribution in [2.75, 3.05) is 13.6 Å². The summed E-state index contributed by atoms with van der Waals surface area (Å²) < 4.78 is 0. The molecule has 4 nitrogen and oxygen atoms in total. The lowest BCUT2D eigenvalue weighted by molar-refractivity contribution is 0.0365. The van der Waals surface area contributed by atoms with Crippen molar-refractivity contribution in [3.05, 3.63) is 40.9 Å². The molecule has 112 valence electrons. The Hall–Kier alpha value is -1.72. The largest absolute Gasteiger partial charge is 0.389 e.